The molecule has 19 heavy (non-hydrogen) atoms. The number of nitrogens with one attached hydrogen (secondary N) is 1. The lowest BCUT2D eigenvalue weighted by Crippen LogP contribution is -2.47. The Kier molecular flexibility index (Phi) is 6.09. The first kappa shape index (κ1) is 16.7. The second-order valence-electron chi connectivity index (χ2n) is 6.20. The third-order valence-electron chi connectivity index (χ3n) is 4.81. The molecule has 3 N–H and O–H groups in total. The standard InChI is InChI=1S/C14H26N2O2.ClH/c1-8(2)11(18-3)7-16-14(17)12-9-4-5-10(6-9)13(12)15;/h8-13H,4-7,15H2,1-3H3,(H,16,17);1H. The number of fused-ring (bicyclic) bond motifs is 2. The molecule has 0 radical (unpaired) electrons. The van der Waals surface area contributed by atoms with Crippen molar-refractivity contribution in [1.82, 2.24) is 5.32 Å². The molecule has 2 aliphatic carbocycles. The number of hydrogen-bond donors (Lipinski definition) is 2. The highest BCUT2D eigenvalue weighted by Crippen LogP contribution is 2.47. The molecule has 2 aliphatic rings. The van der Waals surface area contributed by atoms with Crippen LogP contribution in [0.3, 0.4) is 0 Å². The van der Waals surface area contributed by atoms with Crippen molar-refractivity contribution in [3.05, 3.63) is 0 Å². The highest BCUT2D eigenvalue weighted by molar-refractivity contribution is 5.85. The van der Waals surface area contributed by atoms with Crippen molar-refractivity contribution < 1.29 is 9.53 Å². The quantitative estimate of drug-likeness (QED) is 0.808. The maximum Gasteiger partial charge on any atom is 0.225 e. The van der Waals surface area contributed by atoms with Crippen LogP contribution in [0.1, 0.15) is 33.1 Å². The van der Waals surface area contributed by atoms with Crippen LogP contribution in [0.4, 0.5) is 0 Å². The summed E-state index contributed by atoms with van der Waals surface area (Å²) in [5.74, 6) is 1.67. The number of ether oxygens (including phenoxy) is 1. The zero-order chi connectivity index (χ0) is 13.3. The van der Waals surface area contributed by atoms with Crippen LogP contribution >= 0.6 is 12.4 Å². The molecule has 1 amide bonds. The van der Waals surface area contributed by atoms with E-state index in [1.54, 1.807) is 7.11 Å². The van der Waals surface area contributed by atoms with Crippen LogP contribution in [0.5, 0.6) is 0 Å². The number of carbonyl (C=O) groups excluding carboxylic acids is 1. The molecule has 112 valence electrons. The van der Waals surface area contributed by atoms with Crippen LogP contribution in [0.2, 0.25) is 0 Å². The first-order chi connectivity index (χ1) is 8.54. The van der Waals surface area contributed by atoms with Gasteiger partial charge in [0.25, 0.3) is 0 Å². The number of nitrogens with two attached hydrogens (primary N) is 1. The number of amides is 1. The fraction of sp³-hybridized carbons (Fsp3) is 0.929. The van der Waals surface area contributed by atoms with Gasteiger partial charge >= 0.3 is 0 Å². The Balaban J connectivity index is 0.00000180. The van der Waals surface area contributed by atoms with Gasteiger partial charge in [-0.2, -0.15) is 0 Å². The van der Waals surface area contributed by atoms with Crippen molar-refractivity contribution in [1.29, 1.82) is 0 Å². The summed E-state index contributed by atoms with van der Waals surface area (Å²) in [4.78, 5) is 12.2. The van der Waals surface area contributed by atoms with E-state index in [2.05, 4.69) is 19.2 Å². The molecule has 2 rings (SSSR count). The van der Waals surface area contributed by atoms with E-state index in [1.807, 2.05) is 0 Å². The van der Waals surface area contributed by atoms with Crippen molar-refractivity contribution in [2.45, 2.75) is 45.3 Å². The van der Waals surface area contributed by atoms with Crippen molar-refractivity contribution in [2.24, 2.45) is 29.4 Å². The predicted octanol–water partition coefficient (Wildman–Crippen LogP) is 1.57. The summed E-state index contributed by atoms with van der Waals surface area (Å²) in [6.07, 6.45) is 3.62. The Hall–Kier alpha value is -0.320. The summed E-state index contributed by atoms with van der Waals surface area (Å²) < 4.78 is 5.37. The van der Waals surface area contributed by atoms with E-state index >= 15 is 0 Å². The summed E-state index contributed by atoms with van der Waals surface area (Å²) in [7, 11) is 1.69. The van der Waals surface area contributed by atoms with Gasteiger partial charge in [-0.25, -0.2) is 0 Å². The van der Waals surface area contributed by atoms with Crippen LogP contribution in [0, 0.1) is 23.7 Å². The van der Waals surface area contributed by atoms with E-state index in [-0.39, 0.29) is 36.4 Å². The van der Waals surface area contributed by atoms with Crippen LogP contribution in [-0.4, -0.2) is 31.7 Å². The van der Waals surface area contributed by atoms with Gasteiger partial charge in [0.15, 0.2) is 0 Å². The van der Waals surface area contributed by atoms with E-state index in [0.717, 1.165) is 6.42 Å². The van der Waals surface area contributed by atoms with Crippen molar-refractivity contribution in [3.8, 4) is 0 Å². The molecule has 0 aromatic carbocycles. The first-order valence-corrected chi connectivity index (χ1v) is 7.10. The van der Waals surface area contributed by atoms with Gasteiger partial charge in [-0.1, -0.05) is 13.8 Å². The smallest absolute Gasteiger partial charge is 0.225 e. The van der Waals surface area contributed by atoms with Gasteiger partial charge < -0.3 is 15.8 Å². The highest BCUT2D eigenvalue weighted by Gasteiger charge is 2.48. The van der Waals surface area contributed by atoms with Crippen LogP contribution < -0.4 is 11.1 Å². The fourth-order valence-electron chi connectivity index (χ4n) is 3.64. The SMILES string of the molecule is COC(CNC(=O)C1C2CCC(C2)C1N)C(C)C.Cl. The molecule has 5 heteroatoms. The summed E-state index contributed by atoms with van der Waals surface area (Å²) in [5, 5.41) is 3.03. The largest absolute Gasteiger partial charge is 0.379 e. The highest BCUT2D eigenvalue weighted by atomic mass is 35.5. The lowest BCUT2D eigenvalue weighted by molar-refractivity contribution is -0.127. The second-order valence-corrected chi connectivity index (χ2v) is 6.20. The zero-order valence-electron chi connectivity index (χ0n) is 12.1. The van der Waals surface area contributed by atoms with Crippen molar-refractivity contribution in [2.75, 3.05) is 13.7 Å². The summed E-state index contributed by atoms with van der Waals surface area (Å²) in [5.41, 5.74) is 6.17. The molecule has 0 aliphatic heterocycles. The van der Waals surface area contributed by atoms with Gasteiger partial charge in [0.2, 0.25) is 5.91 Å². The zero-order valence-corrected chi connectivity index (χ0v) is 12.9. The van der Waals surface area contributed by atoms with Gasteiger partial charge in [-0.3, -0.25) is 4.79 Å². The van der Waals surface area contributed by atoms with E-state index in [1.165, 1.54) is 12.8 Å². The molecule has 0 heterocycles. The van der Waals surface area contributed by atoms with E-state index in [4.69, 9.17) is 10.5 Å². The number of methoxy groups -OCH3 is 1. The third-order valence-corrected chi connectivity index (χ3v) is 4.81. The van der Waals surface area contributed by atoms with Gasteiger partial charge in [-0.05, 0) is 37.0 Å². The molecular formula is C14H27ClN2O2. The molecule has 5 unspecified atom stereocenters. The number of rotatable bonds is 5. The van der Waals surface area contributed by atoms with Crippen molar-refractivity contribution >= 4 is 18.3 Å². The number of hydrogen-bond acceptors (Lipinski definition) is 3. The second kappa shape index (κ2) is 6.91. The van der Waals surface area contributed by atoms with E-state index < -0.39 is 0 Å². The molecule has 2 bridgehead atoms. The molecule has 0 spiro atoms. The maximum atomic E-state index is 12.2. The molecule has 5 atom stereocenters. The monoisotopic (exact) mass is 290 g/mol. The topological polar surface area (TPSA) is 64.3 Å². The van der Waals surface area contributed by atoms with E-state index in [9.17, 15) is 4.79 Å². The van der Waals surface area contributed by atoms with Crippen LogP contribution in [0.25, 0.3) is 0 Å². The summed E-state index contributed by atoms with van der Waals surface area (Å²) >= 11 is 0. The molecular weight excluding hydrogens is 264 g/mol. The lowest BCUT2D eigenvalue weighted by Gasteiger charge is -2.28. The first-order valence-electron chi connectivity index (χ1n) is 7.10. The van der Waals surface area contributed by atoms with Gasteiger partial charge in [0, 0.05) is 19.7 Å². The maximum absolute atomic E-state index is 12.2. The van der Waals surface area contributed by atoms with Gasteiger partial charge in [0.1, 0.15) is 0 Å². The number of halogens is 1. The molecule has 0 aromatic heterocycles. The predicted molar refractivity (Wildman–Crippen MR) is 78.2 cm³/mol. The third kappa shape index (κ3) is 3.41. The average Bonchev–Trinajstić information content (AvgIpc) is 2.89. The lowest BCUT2D eigenvalue weighted by atomic mass is 9.84. The average molecular weight is 291 g/mol. The van der Waals surface area contributed by atoms with Crippen LogP contribution in [-0.2, 0) is 9.53 Å². The Morgan fingerprint density at radius 3 is 2.47 bits per heavy atom. The number of carbonyl (C=O) groups is 1. The Bertz CT molecular complexity index is 310. The molecule has 0 aromatic rings. The molecule has 2 saturated carbocycles. The Labute approximate surface area is 122 Å². The molecule has 0 saturated heterocycles. The Morgan fingerprint density at radius 2 is 2.00 bits per heavy atom. The van der Waals surface area contributed by atoms with Crippen molar-refractivity contribution in [3.63, 3.8) is 0 Å². The minimum atomic E-state index is 0. The summed E-state index contributed by atoms with van der Waals surface area (Å²) in [6.45, 7) is 4.79. The van der Waals surface area contributed by atoms with E-state index in [0.29, 0.717) is 24.3 Å². The summed E-state index contributed by atoms with van der Waals surface area (Å²) in [6, 6.07) is 0.0730. The fourth-order valence-corrected chi connectivity index (χ4v) is 3.64. The normalized spacial score (nSPS) is 34.2. The molecule has 2 fully saturated rings. The Morgan fingerprint density at radius 1 is 1.37 bits per heavy atom. The minimum Gasteiger partial charge on any atom is -0.379 e. The minimum absolute atomic E-state index is 0. The van der Waals surface area contributed by atoms with Crippen LogP contribution in [0.15, 0.2) is 0 Å². The van der Waals surface area contributed by atoms with Gasteiger partial charge in [-0.15, -0.1) is 12.4 Å². The van der Waals surface area contributed by atoms with Gasteiger partial charge in [0.05, 0.1) is 12.0 Å². The molecule has 4 nitrogen and oxygen atoms in total.